The lowest BCUT2D eigenvalue weighted by atomic mass is 10.1. The average Bonchev–Trinajstić information content (AvgIpc) is 3.42. The molecule has 1 fully saturated rings. The summed E-state index contributed by atoms with van der Waals surface area (Å²) in [5, 5.41) is 3.98. The number of aromatic nitrogens is 2. The maximum Gasteiger partial charge on any atom is 0.264 e. The normalized spacial score (nSPS) is 16.0. The van der Waals surface area contributed by atoms with Gasteiger partial charge in [-0.3, -0.25) is 4.79 Å². The molecule has 2 aromatic carbocycles. The highest BCUT2D eigenvalue weighted by atomic mass is 19.1. The average molecular weight is 415 g/mol. The molecule has 0 bridgehead atoms. The van der Waals surface area contributed by atoms with Crippen LogP contribution in [0.4, 0.5) is 8.78 Å². The molecule has 0 saturated carbocycles. The predicted molar refractivity (Wildman–Crippen MR) is 101 cm³/mol. The molecule has 0 spiro atoms. The third kappa shape index (κ3) is 4.10. The van der Waals surface area contributed by atoms with Crippen LogP contribution in [0, 0.1) is 11.6 Å². The lowest BCUT2D eigenvalue weighted by Gasteiger charge is -2.22. The summed E-state index contributed by atoms with van der Waals surface area (Å²) < 4.78 is 42.6. The van der Waals surface area contributed by atoms with Crippen molar-refractivity contribution in [3.63, 3.8) is 0 Å². The minimum absolute atomic E-state index is 0.0169. The number of carbonyl (C=O) groups is 1. The summed E-state index contributed by atoms with van der Waals surface area (Å²) in [6, 6.07) is 9.32. The van der Waals surface area contributed by atoms with Gasteiger partial charge in [0.05, 0.1) is 13.2 Å². The maximum absolute atomic E-state index is 14.0. The van der Waals surface area contributed by atoms with E-state index < -0.39 is 5.82 Å². The first-order valence-corrected chi connectivity index (χ1v) is 9.40. The highest BCUT2D eigenvalue weighted by Crippen LogP contribution is 2.32. The largest absolute Gasteiger partial charge is 0.494 e. The predicted octanol–water partition coefficient (Wildman–Crippen LogP) is 3.91. The van der Waals surface area contributed by atoms with Gasteiger partial charge in [0, 0.05) is 12.1 Å². The van der Waals surface area contributed by atoms with Crippen molar-refractivity contribution in [1.29, 1.82) is 0 Å². The summed E-state index contributed by atoms with van der Waals surface area (Å²) in [6.45, 7) is 0.524. The first kappa shape index (κ1) is 19.8. The van der Waals surface area contributed by atoms with Crippen LogP contribution in [0.15, 0.2) is 47.0 Å². The number of hydrogen-bond acceptors (Lipinski definition) is 6. The minimum atomic E-state index is -0.598. The molecule has 30 heavy (non-hydrogen) atoms. The number of hydrogen-bond donors (Lipinski definition) is 0. The van der Waals surface area contributed by atoms with Crippen molar-refractivity contribution < 1.29 is 27.6 Å². The number of benzene rings is 2. The third-order valence-electron chi connectivity index (χ3n) is 4.87. The van der Waals surface area contributed by atoms with Crippen LogP contribution in [0.25, 0.3) is 0 Å². The van der Waals surface area contributed by atoms with E-state index in [-0.39, 0.29) is 41.6 Å². The van der Waals surface area contributed by atoms with Gasteiger partial charge in [-0.15, -0.1) is 0 Å². The van der Waals surface area contributed by atoms with Gasteiger partial charge in [-0.25, -0.2) is 8.78 Å². The van der Waals surface area contributed by atoms with Gasteiger partial charge < -0.3 is 18.9 Å². The van der Waals surface area contributed by atoms with Crippen LogP contribution in [0.2, 0.25) is 0 Å². The molecule has 1 saturated heterocycles. The Morgan fingerprint density at radius 1 is 1.23 bits per heavy atom. The first-order valence-electron chi connectivity index (χ1n) is 9.40. The van der Waals surface area contributed by atoms with Gasteiger partial charge in [0.15, 0.2) is 24.0 Å². The van der Waals surface area contributed by atoms with Gasteiger partial charge in [0.25, 0.3) is 11.8 Å². The Morgan fingerprint density at radius 3 is 2.77 bits per heavy atom. The minimum Gasteiger partial charge on any atom is -0.494 e. The molecule has 0 radical (unpaired) electrons. The Bertz CT molecular complexity index is 1040. The quantitative estimate of drug-likeness (QED) is 0.608. The molecule has 3 aromatic rings. The molecular formula is C21H19F2N3O4. The molecule has 1 unspecified atom stereocenters. The van der Waals surface area contributed by atoms with Crippen LogP contribution in [0.3, 0.4) is 0 Å². The SMILES string of the molecule is COc1ccc(C(=O)N2CCCC2c2noc(COc3ccc(F)cc3)n2)cc1F. The summed E-state index contributed by atoms with van der Waals surface area (Å²) in [7, 11) is 1.37. The number of ether oxygens (including phenoxy) is 2. The lowest BCUT2D eigenvalue weighted by Crippen LogP contribution is -2.31. The van der Waals surface area contributed by atoms with Crippen LogP contribution in [0.1, 0.15) is 41.0 Å². The van der Waals surface area contributed by atoms with Gasteiger partial charge >= 0.3 is 0 Å². The van der Waals surface area contributed by atoms with Crippen molar-refractivity contribution in [3.8, 4) is 11.5 Å². The van der Waals surface area contributed by atoms with E-state index >= 15 is 0 Å². The molecule has 1 aliphatic rings. The molecule has 9 heteroatoms. The van der Waals surface area contributed by atoms with Gasteiger partial charge in [0.2, 0.25) is 0 Å². The fourth-order valence-corrected chi connectivity index (χ4v) is 3.38. The highest BCUT2D eigenvalue weighted by Gasteiger charge is 2.34. The molecule has 1 atom stereocenters. The first-order chi connectivity index (χ1) is 14.5. The number of halogens is 2. The second kappa shape index (κ2) is 8.48. The summed E-state index contributed by atoms with van der Waals surface area (Å²) in [5.41, 5.74) is 0.226. The zero-order valence-electron chi connectivity index (χ0n) is 16.2. The van der Waals surface area contributed by atoms with E-state index in [2.05, 4.69) is 10.1 Å². The molecule has 4 rings (SSSR count). The van der Waals surface area contributed by atoms with E-state index in [9.17, 15) is 13.6 Å². The summed E-state index contributed by atoms with van der Waals surface area (Å²) in [6.07, 6.45) is 1.44. The molecule has 1 aliphatic heterocycles. The van der Waals surface area contributed by atoms with Gasteiger partial charge in [0.1, 0.15) is 11.6 Å². The summed E-state index contributed by atoms with van der Waals surface area (Å²) >= 11 is 0. The van der Waals surface area contributed by atoms with Crippen LogP contribution in [0.5, 0.6) is 11.5 Å². The number of amides is 1. The van der Waals surface area contributed by atoms with E-state index in [4.69, 9.17) is 14.0 Å². The Balaban J connectivity index is 1.45. The van der Waals surface area contributed by atoms with Crippen LogP contribution < -0.4 is 9.47 Å². The van der Waals surface area contributed by atoms with Crippen molar-refractivity contribution in [2.24, 2.45) is 0 Å². The standard InChI is InChI=1S/C21H19F2N3O4/c1-28-18-9-4-13(11-16(18)23)21(27)26-10-2-3-17(26)20-24-19(30-25-20)12-29-15-7-5-14(22)6-8-15/h4-9,11,17H,2-3,10,12H2,1H3. The van der Waals surface area contributed by atoms with E-state index in [1.54, 1.807) is 4.90 Å². The van der Waals surface area contributed by atoms with Crippen molar-refractivity contribution in [1.82, 2.24) is 15.0 Å². The summed E-state index contributed by atoms with van der Waals surface area (Å²) in [4.78, 5) is 18.8. The second-order valence-corrected chi connectivity index (χ2v) is 6.79. The van der Waals surface area contributed by atoms with E-state index in [1.165, 1.54) is 43.5 Å². The molecule has 156 valence electrons. The Hall–Kier alpha value is -3.49. The lowest BCUT2D eigenvalue weighted by molar-refractivity contribution is 0.0727. The Kier molecular flexibility index (Phi) is 5.60. The zero-order valence-corrected chi connectivity index (χ0v) is 16.2. The second-order valence-electron chi connectivity index (χ2n) is 6.79. The number of nitrogens with zero attached hydrogens (tertiary/aromatic N) is 3. The monoisotopic (exact) mass is 415 g/mol. The molecule has 2 heterocycles. The van der Waals surface area contributed by atoms with Gasteiger partial charge in [-0.1, -0.05) is 5.16 Å². The van der Waals surface area contributed by atoms with Crippen molar-refractivity contribution in [3.05, 3.63) is 71.4 Å². The smallest absolute Gasteiger partial charge is 0.264 e. The highest BCUT2D eigenvalue weighted by molar-refractivity contribution is 5.94. The fraction of sp³-hybridized carbons (Fsp3) is 0.286. The molecule has 7 nitrogen and oxygen atoms in total. The van der Waals surface area contributed by atoms with Crippen LogP contribution in [-0.4, -0.2) is 34.6 Å². The fourth-order valence-electron chi connectivity index (χ4n) is 3.38. The molecule has 1 aromatic heterocycles. The van der Waals surface area contributed by atoms with Gasteiger partial charge in [-0.2, -0.15) is 4.98 Å². The zero-order chi connectivity index (χ0) is 21.1. The van der Waals surface area contributed by atoms with E-state index in [1.807, 2.05) is 0 Å². The third-order valence-corrected chi connectivity index (χ3v) is 4.87. The Morgan fingerprint density at radius 2 is 2.03 bits per heavy atom. The number of rotatable bonds is 6. The topological polar surface area (TPSA) is 77.7 Å². The van der Waals surface area contributed by atoms with Crippen LogP contribution >= 0.6 is 0 Å². The molecule has 1 amide bonds. The molecular weight excluding hydrogens is 396 g/mol. The maximum atomic E-state index is 14.0. The number of likely N-dealkylation sites (tertiary alicyclic amines) is 1. The van der Waals surface area contributed by atoms with Crippen molar-refractivity contribution >= 4 is 5.91 Å². The molecule has 0 aliphatic carbocycles. The van der Waals surface area contributed by atoms with E-state index in [0.29, 0.717) is 24.5 Å². The van der Waals surface area contributed by atoms with Crippen molar-refractivity contribution in [2.45, 2.75) is 25.5 Å². The van der Waals surface area contributed by atoms with Crippen LogP contribution in [-0.2, 0) is 6.61 Å². The van der Waals surface area contributed by atoms with E-state index in [0.717, 1.165) is 12.5 Å². The number of carbonyl (C=O) groups excluding carboxylic acids is 1. The van der Waals surface area contributed by atoms with Crippen molar-refractivity contribution in [2.75, 3.05) is 13.7 Å². The summed E-state index contributed by atoms with van der Waals surface area (Å²) in [5.74, 6) is -0.113. The number of methoxy groups -OCH3 is 1. The van der Waals surface area contributed by atoms with Gasteiger partial charge in [-0.05, 0) is 55.3 Å². The Labute approximate surface area is 171 Å². The molecule has 0 N–H and O–H groups in total.